The molecule has 0 aliphatic carbocycles. The highest BCUT2D eigenvalue weighted by molar-refractivity contribution is 6.46. The Bertz CT molecular complexity index is 1190. The molecule has 1 unspecified atom stereocenters. The van der Waals surface area contributed by atoms with E-state index in [2.05, 4.69) is 0 Å². The second-order valence-electron chi connectivity index (χ2n) is 7.52. The predicted molar refractivity (Wildman–Crippen MR) is 124 cm³/mol. The van der Waals surface area contributed by atoms with Gasteiger partial charge in [-0.1, -0.05) is 66.2 Å². The highest BCUT2D eigenvalue weighted by atomic mass is 35.5. The third-order valence-electron chi connectivity index (χ3n) is 5.53. The number of hydrogen-bond donors (Lipinski definition) is 1. The number of aliphatic hydroxyl groups is 1. The van der Waals surface area contributed by atoms with Crippen molar-refractivity contribution >= 4 is 29.1 Å². The quantitative estimate of drug-likeness (QED) is 0.327. The lowest BCUT2D eigenvalue weighted by Gasteiger charge is -2.25. The minimum Gasteiger partial charge on any atom is -0.507 e. The van der Waals surface area contributed by atoms with Crippen molar-refractivity contribution in [3.05, 3.63) is 106 Å². The molecule has 3 aromatic carbocycles. The molecule has 1 amide bonds. The van der Waals surface area contributed by atoms with Crippen LogP contribution in [0.15, 0.2) is 84.4 Å². The Balaban J connectivity index is 1.80. The minimum absolute atomic E-state index is 0.0404. The predicted octanol–water partition coefficient (Wildman–Crippen LogP) is 5.01. The van der Waals surface area contributed by atoms with Gasteiger partial charge in [0.15, 0.2) is 0 Å². The first-order chi connectivity index (χ1) is 15.5. The van der Waals surface area contributed by atoms with Crippen LogP contribution in [-0.4, -0.2) is 35.4 Å². The van der Waals surface area contributed by atoms with Crippen LogP contribution in [0, 0.1) is 0 Å². The molecule has 1 fully saturated rings. The first-order valence-corrected chi connectivity index (χ1v) is 10.6. The van der Waals surface area contributed by atoms with Gasteiger partial charge in [-0.3, -0.25) is 9.59 Å². The molecule has 1 aliphatic rings. The smallest absolute Gasteiger partial charge is 0.295 e. The maximum Gasteiger partial charge on any atom is 0.295 e. The van der Waals surface area contributed by atoms with Gasteiger partial charge in [0, 0.05) is 17.1 Å². The van der Waals surface area contributed by atoms with E-state index in [1.165, 1.54) is 12.0 Å². The Hall–Kier alpha value is -3.57. The van der Waals surface area contributed by atoms with E-state index in [4.69, 9.17) is 16.3 Å². The largest absolute Gasteiger partial charge is 0.507 e. The molecule has 1 aliphatic heterocycles. The van der Waals surface area contributed by atoms with Gasteiger partial charge in [-0.05, 0) is 41.8 Å². The lowest BCUT2D eigenvalue weighted by atomic mass is 9.95. The van der Waals surface area contributed by atoms with Crippen molar-refractivity contribution in [2.75, 3.05) is 13.7 Å². The van der Waals surface area contributed by atoms with Crippen LogP contribution < -0.4 is 4.74 Å². The van der Waals surface area contributed by atoms with Crippen molar-refractivity contribution in [2.45, 2.75) is 12.5 Å². The molecule has 0 spiro atoms. The van der Waals surface area contributed by atoms with Crippen molar-refractivity contribution in [3.63, 3.8) is 0 Å². The number of carbonyl (C=O) groups is 2. The fraction of sp³-hybridized carbons (Fsp3) is 0.154. The maximum absolute atomic E-state index is 13.1. The van der Waals surface area contributed by atoms with E-state index in [0.717, 1.165) is 5.56 Å². The number of rotatable bonds is 6. The van der Waals surface area contributed by atoms with Gasteiger partial charge in [-0.25, -0.2) is 0 Å². The summed E-state index contributed by atoms with van der Waals surface area (Å²) in [4.78, 5) is 27.6. The van der Waals surface area contributed by atoms with E-state index in [1.807, 2.05) is 30.3 Å². The van der Waals surface area contributed by atoms with Gasteiger partial charge in [-0.15, -0.1) is 0 Å². The number of hydrogen-bond acceptors (Lipinski definition) is 4. The number of halogens is 1. The van der Waals surface area contributed by atoms with Crippen molar-refractivity contribution in [2.24, 2.45) is 0 Å². The first kappa shape index (κ1) is 21.7. The molecule has 0 aromatic heterocycles. The molecule has 5 nitrogen and oxygen atoms in total. The van der Waals surface area contributed by atoms with Crippen molar-refractivity contribution in [1.82, 2.24) is 4.90 Å². The topological polar surface area (TPSA) is 66.8 Å². The Kier molecular flexibility index (Phi) is 6.28. The normalized spacial score (nSPS) is 17.6. The summed E-state index contributed by atoms with van der Waals surface area (Å²) in [5, 5.41) is 11.6. The summed E-state index contributed by atoms with van der Waals surface area (Å²) in [7, 11) is 1.52. The molecule has 32 heavy (non-hydrogen) atoms. The molecular weight excluding hydrogens is 426 g/mol. The number of likely N-dealkylation sites (tertiary alicyclic amines) is 1. The number of methoxy groups -OCH3 is 1. The lowest BCUT2D eigenvalue weighted by molar-refractivity contribution is -0.139. The number of aliphatic hydroxyl groups excluding tert-OH is 1. The molecule has 3 aromatic rings. The first-order valence-electron chi connectivity index (χ1n) is 10.2. The fourth-order valence-electron chi connectivity index (χ4n) is 3.95. The number of Topliss-reactive ketones (excluding diaryl/α,β-unsaturated/α-hetero) is 1. The zero-order chi connectivity index (χ0) is 22.7. The highest BCUT2D eigenvalue weighted by Crippen LogP contribution is 2.40. The maximum atomic E-state index is 13.1. The van der Waals surface area contributed by atoms with Crippen molar-refractivity contribution in [3.8, 4) is 5.75 Å². The van der Waals surface area contributed by atoms with Gasteiger partial charge in [-0.2, -0.15) is 0 Å². The van der Waals surface area contributed by atoms with Crippen molar-refractivity contribution in [1.29, 1.82) is 0 Å². The molecule has 4 rings (SSSR count). The van der Waals surface area contributed by atoms with Gasteiger partial charge >= 0.3 is 0 Å². The van der Waals surface area contributed by atoms with E-state index in [-0.39, 0.29) is 11.3 Å². The third-order valence-corrected chi connectivity index (χ3v) is 5.77. The van der Waals surface area contributed by atoms with Crippen LogP contribution in [0.2, 0.25) is 5.02 Å². The number of benzene rings is 3. The Morgan fingerprint density at radius 1 is 1.00 bits per heavy atom. The second-order valence-corrected chi connectivity index (χ2v) is 7.95. The van der Waals surface area contributed by atoms with Crippen LogP contribution in [0.4, 0.5) is 0 Å². The highest BCUT2D eigenvalue weighted by Gasteiger charge is 2.45. The molecular formula is C26H22ClNO4. The lowest BCUT2D eigenvalue weighted by Crippen LogP contribution is -2.31. The zero-order valence-corrected chi connectivity index (χ0v) is 18.3. The van der Waals surface area contributed by atoms with Gasteiger partial charge in [0.25, 0.3) is 11.7 Å². The number of ether oxygens (including phenoxy) is 1. The molecule has 0 saturated carbocycles. The van der Waals surface area contributed by atoms with E-state index >= 15 is 0 Å². The number of nitrogens with zero attached hydrogens (tertiary/aromatic N) is 1. The van der Waals surface area contributed by atoms with E-state index < -0.39 is 17.7 Å². The average molecular weight is 448 g/mol. The van der Waals surface area contributed by atoms with Crippen molar-refractivity contribution < 1.29 is 19.4 Å². The summed E-state index contributed by atoms with van der Waals surface area (Å²) < 4.78 is 5.24. The molecule has 0 bridgehead atoms. The molecule has 1 N–H and O–H groups in total. The van der Waals surface area contributed by atoms with Crippen LogP contribution in [0.3, 0.4) is 0 Å². The molecule has 1 saturated heterocycles. The van der Waals surface area contributed by atoms with Gasteiger partial charge in [0.05, 0.1) is 18.7 Å². The minimum atomic E-state index is -0.747. The van der Waals surface area contributed by atoms with E-state index in [9.17, 15) is 14.7 Å². The van der Waals surface area contributed by atoms with Crippen LogP contribution in [0.1, 0.15) is 22.7 Å². The van der Waals surface area contributed by atoms with Crippen LogP contribution in [0.5, 0.6) is 5.75 Å². The second kappa shape index (κ2) is 9.28. The Morgan fingerprint density at radius 3 is 2.47 bits per heavy atom. The SMILES string of the molecule is COc1cccc(/C(O)=C2\C(=O)C(=O)N(CCc3ccccc3)C2c2cccc(Cl)c2)c1. The number of carbonyl (C=O) groups excluding carboxylic acids is 2. The summed E-state index contributed by atoms with van der Waals surface area (Å²) in [5.74, 6) is -1.07. The average Bonchev–Trinajstić information content (AvgIpc) is 3.08. The summed E-state index contributed by atoms with van der Waals surface area (Å²) in [6, 6.07) is 22.7. The van der Waals surface area contributed by atoms with Gasteiger partial charge in [0.1, 0.15) is 11.5 Å². The van der Waals surface area contributed by atoms with E-state index in [0.29, 0.717) is 34.9 Å². The molecule has 1 atom stereocenters. The summed E-state index contributed by atoms with van der Waals surface area (Å²) in [6.45, 7) is 0.320. The van der Waals surface area contributed by atoms with Crippen LogP contribution >= 0.6 is 11.6 Å². The summed E-state index contributed by atoms with van der Waals surface area (Å²) in [6.07, 6.45) is 0.574. The summed E-state index contributed by atoms with van der Waals surface area (Å²) in [5.41, 5.74) is 2.15. The van der Waals surface area contributed by atoms with Crippen LogP contribution in [0.25, 0.3) is 5.76 Å². The number of ketones is 1. The van der Waals surface area contributed by atoms with Crippen LogP contribution in [-0.2, 0) is 16.0 Å². The van der Waals surface area contributed by atoms with Gasteiger partial charge < -0.3 is 14.7 Å². The standard InChI is InChI=1S/C26H22ClNO4/c1-32-21-12-6-10-19(16-21)24(29)22-23(18-9-5-11-20(27)15-18)28(26(31)25(22)30)14-13-17-7-3-2-4-8-17/h2-12,15-16,23,29H,13-14H2,1H3/b24-22+. The molecule has 1 heterocycles. The van der Waals surface area contributed by atoms with Gasteiger partial charge in [0.2, 0.25) is 0 Å². The fourth-order valence-corrected chi connectivity index (χ4v) is 4.15. The summed E-state index contributed by atoms with van der Waals surface area (Å²) >= 11 is 6.22. The Labute approximate surface area is 191 Å². The molecule has 0 radical (unpaired) electrons. The monoisotopic (exact) mass is 447 g/mol. The number of amides is 1. The van der Waals surface area contributed by atoms with E-state index in [1.54, 1.807) is 48.5 Å². The third kappa shape index (κ3) is 4.25. The zero-order valence-electron chi connectivity index (χ0n) is 17.5. The Morgan fingerprint density at radius 2 is 1.75 bits per heavy atom. The molecule has 162 valence electrons. The molecule has 6 heteroatoms.